The fraction of sp³-hybridized carbons (Fsp3) is 1.00. The highest BCUT2D eigenvalue weighted by Crippen LogP contribution is 2.61. The van der Waals surface area contributed by atoms with Crippen molar-refractivity contribution in [1.29, 1.82) is 0 Å². The number of aliphatic hydroxyl groups excluding tert-OH is 2. The molecule has 0 aliphatic rings. The summed E-state index contributed by atoms with van der Waals surface area (Å²) < 4.78 is 322. The van der Waals surface area contributed by atoms with Crippen molar-refractivity contribution in [2.75, 3.05) is 13.2 Å². The molecule has 0 aromatic rings. The second-order valence-corrected chi connectivity index (χ2v) is 10.2. The van der Waals surface area contributed by atoms with E-state index in [1.165, 1.54) is 0 Å². The third-order valence-electron chi connectivity index (χ3n) is 4.12. The molecule has 0 unspecified atom stereocenters. The topological polar surface area (TPSA) is 149 Å². The first kappa shape index (κ1) is 47.6. The summed E-state index contributed by atoms with van der Waals surface area (Å²) in [5.74, 6) is -15.8. The molecule has 0 aromatic carbocycles. The van der Waals surface area contributed by atoms with E-state index in [9.17, 15) is 113 Å². The quantitative estimate of drug-likeness (QED) is 0.194. The molecule has 8 nitrogen and oxygen atoms in total. The Kier molecular flexibility index (Phi) is 14.1. The standard InChI is InChI=1S/2C5HF11O3S.C3H8O2/c2*6-1(3(9,10)11,4(12,13)14)2(7,8)5(15,16)20(17,18)19;4-2-1-3-5/h2*(H,17,18,19);4-5H,1-3H2. The number of hydrogen-bond donors (Lipinski definition) is 4. The van der Waals surface area contributed by atoms with Gasteiger partial charge in [-0.2, -0.15) is 105 Å². The first-order valence-electron chi connectivity index (χ1n) is 9.23. The summed E-state index contributed by atoms with van der Waals surface area (Å²) in [5.41, 5.74) is -15.8. The smallest absolute Gasteiger partial charge is 0.396 e. The highest BCUT2D eigenvalue weighted by Gasteiger charge is 2.93. The molecule has 276 valence electrons. The third kappa shape index (κ3) is 8.38. The van der Waals surface area contributed by atoms with Gasteiger partial charge in [-0.05, 0) is 6.42 Å². The number of aliphatic hydroxyl groups is 2. The Bertz CT molecular complexity index is 1060. The molecule has 0 amide bonds. The Morgan fingerprint density at radius 1 is 0.378 bits per heavy atom. The third-order valence-corrected chi connectivity index (χ3v) is 5.93. The van der Waals surface area contributed by atoms with Crippen molar-refractivity contribution < 1.29 is 133 Å². The van der Waals surface area contributed by atoms with Crippen LogP contribution in [0.15, 0.2) is 0 Å². The minimum atomic E-state index is -7.91. The van der Waals surface area contributed by atoms with Gasteiger partial charge in [-0.1, -0.05) is 0 Å². The molecule has 0 aliphatic carbocycles. The molecule has 0 spiro atoms. The molecule has 0 rings (SSSR count). The Labute approximate surface area is 232 Å². The lowest BCUT2D eigenvalue weighted by Gasteiger charge is -2.38. The Morgan fingerprint density at radius 2 is 0.533 bits per heavy atom. The lowest BCUT2D eigenvalue weighted by molar-refractivity contribution is -0.417. The summed E-state index contributed by atoms with van der Waals surface area (Å²) in [6, 6.07) is 0. The predicted molar refractivity (Wildman–Crippen MR) is 93.6 cm³/mol. The predicted octanol–water partition coefficient (Wildman–Crippen LogP) is 5.23. The molecule has 4 N–H and O–H groups in total. The molecule has 32 heteroatoms. The minimum Gasteiger partial charge on any atom is -0.396 e. The summed E-state index contributed by atoms with van der Waals surface area (Å²) >= 11 is 0. The van der Waals surface area contributed by atoms with Crippen molar-refractivity contribution >= 4 is 20.2 Å². The maximum atomic E-state index is 12.8. The van der Waals surface area contributed by atoms with Crippen LogP contribution >= 0.6 is 0 Å². The van der Waals surface area contributed by atoms with Crippen LogP contribution in [-0.4, -0.2) is 108 Å². The molecule has 0 aromatic heterocycles. The summed E-state index contributed by atoms with van der Waals surface area (Å²) in [4.78, 5) is 0. The van der Waals surface area contributed by atoms with Crippen molar-refractivity contribution in [3.05, 3.63) is 0 Å². The Morgan fingerprint density at radius 3 is 0.600 bits per heavy atom. The molecular formula is C13H10F22O8S2. The van der Waals surface area contributed by atoms with Crippen molar-refractivity contribution in [3.63, 3.8) is 0 Å². The normalized spacial score (nSPS) is 15.5. The number of halogens is 22. The van der Waals surface area contributed by atoms with Crippen LogP contribution in [0, 0.1) is 0 Å². The van der Waals surface area contributed by atoms with E-state index in [2.05, 4.69) is 0 Å². The first-order valence-corrected chi connectivity index (χ1v) is 12.1. The van der Waals surface area contributed by atoms with Gasteiger partial charge in [-0.3, -0.25) is 9.11 Å². The molecule has 0 atom stereocenters. The van der Waals surface area contributed by atoms with Crippen LogP contribution in [0.25, 0.3) is 0 Å². The van der Waals surface area contributed by atoms with Gasteiger partial charge in [0.25, 0.3) is 0 Å². The van der Waals surface area contributed by atoms with Gasteiger partial charge in [0.2, 0.25) is 0 Å². The molecule has 45 heavy (non-hydrogen) atoms. The molecule has 0 fully saturated rings. The first-order chi connectivity index (χ1) is 18.9. The van der Waals surface area contributed by atoms with E-state index < -0.39 is 78.6 Å². The van der Waals surface area contributed by atoms with Crippen LogP contribution in [0.1, 0.15) is 6.42 Å². The second-order valence-electron chi connectivity index (χ2n) is 7.24. The molecule has 0 aliphatic heterocycles. The van der Waals surface area contributed by atoms with E-state index in [4.69, 9.17) is 19.3 Å². The Balaban J connectivity index is -0.000000680. The minimum absolute atomic E-state index is 0.0938. The number of hydrogen-bond acceptors (Lipinski definition) is 6. The fourth-order valence-electron chi connectivity index (χ4n) is 1.83. The van der Waals surface area contributed by atoms with E-state index in [-0.39, 0.29) is 13.2 Å². The van der Waals surface area contributed by atoms with Gasteiger partial charge >= 0.3 is 78.6 Å². The molecule has 0 heterocycles. The van der Waals surface area contributed by atoms with E-state index in [0.29, 0.717) is 6.42 Å². The van der Waals surface area contributed by atoms with E-state index >= 15 is 0 Å². The van der Waals surface area contributed by atoms with Gasteiger partial charge in [-0.15, -0.1) is 0 Å². The zero-order valence-electron chi connectivity index (χ0n) is 19.7. The highest BCUT2D eigenvalue weighted by atomic mass is 32.2. The largest absolute Gasteiger partial charge is 0.438 e. The molecule has 0 bridgehead atoms. The van der Waals surface area contributed by atoms with Gasteiger partial charge in [-0.25, -0.2) is 8.78 Å². The molecule has 0 saturated heterocycles. The number of rotatable bonds is 8. The maximum absolute atomic E-state index is 12.8. The van der Waals surface area contributed by atoms with Gasteiger partial charge in [0.15, 0.2) is 0 Å². The average molecular weight is 776 g/mol. The van der Waals surface area contributed by atoms with Crippen LogP contribution in [0.3, 0.4) is 0 Å². The second kappa shape index (κ2) is 13.4. The van der Waals surface area contributed by atoms with Crippen LogP contribution in [0.5, 0.6) is 0 Å². The van der Waals surface area contributed by atoms with Crippen LogP contribution in [0.2, 0.25) is 0 Å². The number of alkyl halides is 22. The molecule has 0 saturated carbocycles. The van der Waals surface area contributed by atoms with Crippen molar-refractivity contribution in [1.82, 2.24) is 0 Å². The molecular weight excluding hydrogens is 766 g/mol. The van der Waals surface area contributed by atoms with Crippen LogP contribution in [-0.2, 0) is 20.2 Å². The fourth-order valence-corrected chi connectivity index (χ4v) is 2.76. The van der Waals surface area contributed by atoms with Gasteiger partial charge < -0.3 is 10.2 Å². The van der Waals surface area contributed by atoms with Crippen molar-refractivity contribution in [3.8, 4) is 0 Å². The summed E-state index contributed by atoms with van der Waals surface area (Å²) in [6.45, 7) is 0.188. The zero-order chi connectivity index (χ0) is 38.1. The summed E-state index contributed by atoms with van der Waals surface area (Å²) in [6.07, 6.45) is -30.1. The van der Waals surface area contributed by atoms with E-state index in [1.54, 1.807) is 0 Å². The van der Waals surface area contributed by atoms with Gasteiger partial charge in [0, 0.05) is 13.2 Å². The van der Waals surface area contributed by atoms with Crippen LogP contribution < -0.4 is 0 Å². The zero-order valence-corrected chi connectivity index (χ0v) is 21.3. The van der Waals surface area contributed by atoms with Gasteiger partial charge in [0.05, 0.1) is 0 Å². The average Bonchev–Trinajstić information content (AvgIpc) is 2.74. The summed E-state index contributed by atoms with van der Waals surface area (Å²) in [7, 11) is -15.0. The Hall–Kier alpha value is -1.80. The lowest BCUT2D eigenvalue weighted by Crippen LogP contribution is -2.71. The van der Waals surface area contributed by atoms with Crippen molar-refractivity contribution in [2.24, 2.45) is 0 Å². The summed E-state index contributed by atoms with van der Waals surface area (Å²) in [5, 5.41) is 1.03. The lowest BCUT2D eigenvalue weighted by atomic mass is 9.96. The highest BCUT2D eigenvalue weighted by molar-refractivity contribution is 7.87. The van der Waals surface area contributed by atoms with E-state index in [0.717, 1.165) is 0 Å². The monoisotopic (exact) mass is 776 g/mol. The maximum Gasteiger partial charge on any atom is 0.438 e. The SMILES string of the molecule is O=S(=O)(O)C(F)(F)C(F)(F)C(F)(C(F)(F)F)C(F)(F)F.O=S(=O)(O)C(F)(F)C(F)(F)C(F)(C(F)(F)F)C(F)(F)F.OCCCO. The van der Waals surface area contributed by atoms with Crippen molar-refractivity contribution in [2.45, 2.75) is 64.8 Å². The van der Waals surface area contributed by atoms with Gasteiger partial charge in [0.1, 0.15) is 0 Å². The molecule has 0 radical (unpaired) electrons. The van der Waals surface area contributed by atoms with Crippen LogP contribution in [0.4, 0.5) is 96.6 Å². The van der Waals surface area contributed by atoms with E-state index in [1.807, 2.05) is 0 Å².